The molecule has 7 nitrogen and oxygen atoms in total. The molecule has 1 aliphatic rings. The van der Waals surface area contributed by atoms with Gasteiger partial charge in [-0.1, -0.05) is 6.07 Å². The molecule has 1 amide bonds. The van der Waals surface area contributed by atoms with Gasteiger partial charge in [0.25, 0.3) is 11.6 Å². The molecule has 0 heterocycles. The fourth-order valence-corrected chi connectivity index (χ4v) is 1.93. The van der Waals surface area contributed by atoms with Gasteiger partial charge in [0.15, 0.2) is 0 Å². The molecule has 0 unspecified atom stereocenters. The quantitative estimate of drug-likeness (QED) is 0.628. The number of carboxylic acid groups (broad SMARTS) is 1. The van der Waals surface area contributed by atoms with Gasteiger partial charge in [0.1, 0.15) is 6.54 Å². The highest BCUT2D eigenvalue weighted by molar-refractivity contribution is 5.96. The van der Waals surface area contributed by atoms with Crippen molar-refractivity contribution in [2.45, 2.75) is 12.8 Å². The minimum absolute atomic E-state index is 0.140. The van der Waals surface area contributed by atoms with E-state index >= 15 is 0 Å². The van der Waals surface area contributed by atoms with Crippen LogP contribution in [-0.2, 0) is 4.79 Å². The molecule has 1 aromatic rings. The van der Waals surface area contributed by atoms with Gasteiger partial charge in [-0.15, -0.1) is 0 Å². The van der Waals surface area contributed by atoms with Gasteiger partial charge in [0.05, 0.1) is 4.92 Å². The van der Waals surface area contributed by atoms with Crippen LogP contribution in [0, 0.1) is 16.0 Å². The van der Waals surface area contributed by atoms with Crippen LogP contribution in [0.25, 0.3) is 0 Å². The Morgan fingerprint density at radius 3 is 2.65 bits per heavy atom. The van der Waals surface area contributed by atoms with Crippen molar-refractivity contribution in [3.05, 3.63) is 39.9 Å². The van der Waals surface area contributed by atoms with Gasteiger partial charge in [-0.2, -0.15) is 0 Å². The van der Waals surface area contributed by atoms with E-state index in [0.29, 0.717) is 12.5 Å². The van der Waals surface area contributed by atoms with Crippen molar-refractivity contribution < 1.29 is 19.6 Å². The number of nitrogens with zero attached hydrogens (tertiary/aromatic N) is 2. The summed E-state index contributed by atoms with van der Waals surface area (Å²) in [5, 5.41) is 19.6. The first-order valence-corrected chi connectivity index (χ1v) is 6.23. The lowest BCUT2D eigenvalue weighted by molar-refractivity contribution is -0.384. The van der Waals surface area contributed by atoms with Crippen LogP contribution in [0.3, 0.4) is 0 Å². The molecule has 0 radical (unpaired) electrons. The zero-order valence-corrected chi connectivity index (χ0v) is 10.7. The van der Waals surface area contributed by atoms with E-state index < -0.39 is 23.3 Å². The number of hydrogen-bond donors (Lipinski definition) is 1. The Kier molecular flexibility index (Phi) is 3.97. The molecule has 0 bridgehead atoms. The molecule has 7 heteroatoms. The number of nitro groups is 1. The lowest BCUT2D eigenvalue weighted by Gasteiger charge is -2.20. The van der Waals surface area contributed by atoms with Crippen LogP contribution >= 0.6 is 0 Å². The third-order valence-corrected chi connectivity index (χ3v) is 3.09. The summed E-state index contributed by atoms with van der Waals surface area (Å²) in [5.74, 6) is -1.23. The number of non-ortho nitro benzene ring substituents is 1. The van der Waals surface area contributed by atoms with E-state index in [4.69, 9.17) is 5.11 Å². The normalized spacial score (nSPS) is 13.8. The number of aliphatic carboxylic acids is 1. The van der Waals surface area contributed by atoms with Crippen LogP contribution in [0.4, 0.5) is 5.69 Å². The Morgan fingerprint density at radius 1 is 1.40 bits per heavy atom. The summed E-state index contributed by atoms with van der Waals surface area (Å²) in [6.07, 6.45) is 1.97. The molecule has 0 aliphatic heterocycles. The molecule has 0 saturated heterocycles. The number of rotatable bonds is 6. The van der Waals surface area contributed by atoms with Crippen LogP contribution in [0.1, 0.15) is 23.2 Å². The van der Waals surface area contributed by atoms with Crippen LogP contribution in [0.2, 0.25) is 0 Å². The van der Waals surface area contributed by atoms with Crippen molar-refractivity contribution in [2.24, 2.45) is 5.92 Å². The SMILES string of the molecule is O=C(O)CN(CC1CC1)C(=O)c1cccc([N+](=O)[O-])c1. The Morgan fingerprint density at radius 2 is 2.10 bits per heavy atom. The summed E-state index contributed by atoms with van der Waals surface area (Å²) in [6.45, 7) is -0.00808. The van der Waals surface area contributed by atoms with Gasteiger partial charge in [0, 0.05) is 24.2 Å². The van der Waals surface area contributed by atoms with Gasteiger partial charge in [-0.25, -0.2) is 0 Å². The molecule has 1 N–H and O–H groups in total. The van der Waals surface area contributed by atoms with Crippen molar-refractivity contribution in [3.8, 4) is 0 Å². The molecule has 1 saturated carbocycles. The maximum Gasteiger partial charge on any atom is 0.323 e. The molecular formula is C13H14N2O5. The predicted molar refractivity (Wildman–Crippen MR) is 69.4 cm³/mol. The predicted octanol–water partition coefficient (Wildman–Crippen LogP) is 1.53. The van der Waals surface area contributed by atoms with E-state index in [0.717, 1.165) is 12.8 Å². The Hall–Kier alpha value is -2.44. The number of amides is 1. The number of carbonyl (C=O) groups is 2. The molecule has 0 atom stereocenters. The molecule has 0 aromatic heterocycles. The van der Waals surface area contributed by atoms with Crippen LogP contribution in [0.15, 0.2) is 24.3 Å². The van der Waals surface area contributed by atoms with Crippen molar-refractivity contribution in [3.63, 3.8) is 0 Å². The Bertz CT molecular complexity index is 553. The highest BCUT2D eigenvalue weighted by atomic mass is 16.6. The third-order valence-electron chi connectivity index (χ3n) is 3.09. The summed E-state index contributed by atoms with van der Waals surface area (Å²) in [6, 6.07) is 5.34. The maximum atomic E-state index is 12.3. The monoisotopic (exact) mass is 278 g/mol. The Labute approximate surface area is 115 Å². The molecule has 20 heavy (non-hydrogen) atoms. The number of benzene rings is 1. The van der Waals surface area contributed by atoms with E-state index in [1.165, 1.54) is 29.2 Å². The summed E-state index contributed by atoms with van der Waals surface area (Å²) in [7, 11) is 0. The average molecular weight is 278 g/mol. The fourth-order valence-electron chi connectivity index (χ4n) is 1.93. The summed E-state index contributed by atoms with van der Waals surface area (Å²) in [4.78, 5) is 34.4. The second kappa shape index (κ2) is 5.68. The number of nitro benzene ring substituents is 1. The van der Waals surface area contributed by atoms with Crippen molar-refractivity contribution in [1.29, 1.82) is 0 Å². The Balaban J connectivity index is 2.18. The average Bonchev–Trinajstić information content (AvgIpc) is 3.20. The fraction of sp³-hybridized carbons (Fsp3) is 0.385. The van der Waals surface area contributed by atoms with E-state index in [1.807, 2.05) is 0 Å². The third kappa shape index (κ3) is 3.53. The number of hydrogen-bond acceptors (Lipinski definition) is 4. The molecule has 1 aromatic carbocycles. The topological polar surface area (TPSA) is 101 Å². The molecular weight excluding hydrogens is 264 g/mol. The van der Waals surface area contributed by atoms with Gasteiger partial charge in [-0.05, 0) is 24.8 Å². The highest BCUT2D eigenvalue weighted by Crippen LogP contribution is 2.30. The number of carboxylic acids is 1. The summed E-state index contributed by atoms with van der Waals surface area (Å²) >= 11 is 0. The van der Waals surface area contributed by atoms with E-state index in [9.17, 15) is 19.7 Å². The molecule has 1 fully saturated rings. The minimum Gasteiger partial charge on any atom is -0.480 e. The summed E-state index contributed by atoms with van der Waals surface area (Å²) < 4.78 is 0. The molecule has 106 valence electrons. The standard InChI is InChI=1S/C13H14N2O5/c16-12(17)8-14(7-9-4-5-9)13(18)10-2-1-3-11(6-10)15(19)20/h1-3,6,9H,4-5,7-8H2,(H,16,17). The lowest BCUT2D eigenvalue weighted by Crippen LogP contribution is -2.37. The van der Waals surface area contributed by atoms with Gasteiger partial charge in [0.2, 0.25) is 0 Å². The largest absolute Gasteiger partial charge is 0.480 e. The zero-order chi connectivity index (χ0) is 14.7. The summed E-state index contributed by atoms with van der Waals surface area (Å²) in [5.41, 5.74) is -0.0429. The first kappa shape index (κ1) is 14.0. The molecule has 0 spiro atoms. The van der Waals surface area contributed by atoms with Gasteiger partial charge in [-0.3, -0.25) is 19.7 Å². The second-order valence-corrected chi connectivity index (χ2v) is 4.83. The van der Waals surface area contributed by atoms with Gasteiger partial charge >= 0.3 is 5.97 Å². The number of carbonyl (C=O) groups excluding carboxylic acids is 1. The van der Waals surface area contributed by atoms with Crippen molar-refractivity contribution in [1.82, 2.24) is 4.90 Å². The van der Waals surface area contributed by atoms with E-state index in [2.05, 4.69) is 0 Å². The van der Waals surface area contributed by atoms with Crippen LogP contribution < -0.4 is 0 Å². The maximum absolute atomic E-state index is 12.3. The smallest absolute Gasteiger partial charge is 0.323 e. The lowest BCUT2D eigenvalue weighted by atomic mass is 10.1. The first-order chi connectivity index (χ1) is 9.47. The minimum atomic E-state index is -1.09. The van der Waals surface area contributed by atoms with E-state index in [1.54, 1.807) is 0 Å². The molecule has 1 aliphatic carbocycles. The van der Waals surface area contributed by atoms with Crippen LogP contribution in [0.5, 0.6) is 0 Å². The first-order valence-electron chi connectivity index (χ1n) is 6.23. The highest BCUT2D eigenvalue weighted by Gasteiger charge is 2.28. The second-order valence-electron chi connectivity index (χ2n) is 4.83. The van der Waals surface area contributed by atoms with Crippen molar-refractivity contribution in [2.75, 3.05) is 13.1 Å². The molecule has 2 rings (SSSR count). The van der Waals surface area contributed by atoms with Crippen molar-refractivity contribution >= 4 is 17.6 Å². The zero-order valence-electron chi connectivity index (χ0n) is 10.7. The van der Waals surface area contributed by atoms with E-state index in [-0.39, 0.29) is 11.3 Å². The van der Waals surface area contributed by atoms with Gasteiger partial charge < -0.3 is 10.0 Å². The van der Waals surface area contributed by atoms with Crippen LogP contribution in [-0.4, -0.2) is 39.9 Å².